The van der Waals surface area contributed by atoms with E-state index in [1.807, 2.05) is 6.92 Å². The number of nitro benzene ring substituents is 1. The van der Waals surface area contributed by atoms with Crippen LogP contribution in [-0.2, 0) is 0 Å². The van der Waals surface area contributed by atoms with Crippen molar-refractivity contribution in [3.8, 4) is 5.75 Å². The highest BCUT2D eigenvalue weighted by Gasteiger charge is 2.25. The molecule has 0 saturated carbocycles. The van der Waals surface area contributed by atoms with Crippen LogP contribution in [0.1, 0.15) is 12.5 Å². The van der Waals surface area contributed by atoms with Crippen LogP contribution in [0, 0.1) is 17.0 Å². The predicted molar refractivity (Wildman–Crippen MR) is 74.1 cm³/mol. The van der Waals surface area contributed by atoms with Gasteiger partial charge < -0.3 is 15.0 Å². The minimum Gasteiger partial charge on any atom is -0.494 e. The topological polar surface area (TPSA) is 67.6 Å². The summed E-state index contributed by atoms with van der Waals surface area (Å²) >= 11 is 0. The summed E-state index contributed by atoms with van der Waals surface area (Å²) in [7, 11) is 1.55. The smallest absolute Gasteiger partial charge is 0.273 e. The van der Waals surface area contributed by atoms with E-state index in [9.17, 15) is 10.1 Å². The summed E-state index contributed by atoms with van der Waals surface area (Å²) in [6.45, 7) is 6.70. The number of nitro groups is 1. The Balaban J connectivity index is 2.46. The summed E-state index contributed by atoms with van der Waals surface area (Å²) < 4.78 is 5.35. The van der Waals surface area contributed by atoms with Crippen LogP contribution in [0.3, 0.4) is 0 Å². The number of hydrogen-bond donors (Lipinski definition) is 1. The molecule has 6 heteroatoms. The van der Waals surface area contributed by atoms with Crippen molar-refractivity contribution in [3.05, 3.63) is 27.8 Å². The minimum absolute atomic E-state index is 0.0703. The van der Waals surface area contributed by atoms with Crippen molar-refractivity contribution in [2.75, 3.05) is 31.6 Å². The molecule has 0 aliphatic carbocycles. The molecule has 1 N–H and O–H groups in total. The van der Waals surface area contributed by atoms with Crippen LogP contribution in [0.25, 0.3) is 0 Å². The average molecular weight is 265 g/mol. The summed E-state index contributed by atoms with van der Waals surface area (Å²) in [6.07, 6.45) is 0. The molecule has 1 aromatic carbocycles. The monoisotopic (exact) mass is 265 g/mol. The van der Waals surface area contributed by atoms with Crippen LogP contribution in [0.5, 0.6) is 5.75 Å². The lowest BCUT2D eigenvalue weighted by molar-refractivity contribution is -0.385. The molecule has 104 valence electrons. The number of piperazine rings is 1. The van der Waals surface area contributed by atoms with Crippen molar-refractivity contribution in [1.29, 1.82) is 0 Å². The molecule has 2 rings (SSSR count). The van der Waals surface area contributed by atoms with Crippen LogP contribution in [0.15, 0.2) is 12.1 Å². The molecule has 1 saturated heterocycles. The van der Waals surface area contributed by atoms with Crippen molar-refractivity contribution >= 4 is 11.4 Å². The van der Waals surface area contributed by atoms with E-state index in [1.165, 1.54) is 6.07 Å². The van der Waals surface area contributed by atoms with Crippen LogP contribution in [0.2, 0.25) is 0 Å². The third kappa shape index (κ3) is 2.63. The van der Waals surface area contributed by atoms with E-state index in [0.717, 1.165) is 30.9 Å². The average Bonchev–Trinajstić information content (AvgIpc) is 2.39. The number of methoxy groups -OCH3 is 1. The van der Waals surface area contributed by atoms with Gasteiger partial charge in [-0.15, -0.1) is 0 Å². The molecule has 0 amide bonds. The van der Waals surface area contributed by atoms with E-state index in [-0.39, 0.29) is 10.6 Å². The third-order valence-corrected chi connectivity index (χ3v) is 3.47. The van der Waals surface area contributed by atoms with Crippen molar-refractivity contribution in [1.82, 2.24) is 5.32 Å². The Bertz CT molecular complexity index is 490. The normalized spacial score (nSPS) is 19.3. The summed E-state index contributed by atoms with van der Waals surface area (Å²) in [4.78, 5) is 12.8. The van der Waals surface area contributed by atoms with Gasteiger partial charge in [-0.2, -0.15) is 0 Å². The van der Waals surface area contributed by atoms with Crippen LogP contribution < -0.4 is 15.0 Å². The Morgan fingerprint density at radius 1 is 1.53 bits per heavy atom. The standard InChI is InChI=1S/C13H19N3O3/c1-9-6-11(16(17)18)7-12(19-3)13(9)15-5-4-14-8-10(15)2/h6-7,10,14H,4-5,8H2,1-3H3/t10-/m0/s1. The highest BCUT2D eigenvalue weighted by molar-refractivity contribution is 5.68. The molecule has 0 aromatic heterocycles. The predicted octanol–water partition coefficient (Wildman–Crippen LogP) is 1.71. The van der Waals surface area contributed by atoms with E-state index < -0.39 is 0 Å². The van der Waals surface area contributed by atoms with Crippen LogP contribution in [-0.4, -0.2) is 37.7 Å². The second kappa shape index (κ2) is 5.44. The molecule has 0 bridgehead atoms. The Hall–Kier alpha value is -1.82. The van der Waals surface area contributed by atoms with Gasteiger partial charge in [0.2, 0.25) is 0 Å². The maximum Gasteiger partial charge on any atom is 0.273 e. The Labute approximate surface area is 112 Å². The van der Waals surface area contributed by atoms with E-state index in [1.54, 1.807) is 13.2 Å². The number of hydrogen-bond acceptors (Lipinski definition) is 5. The Kier molecular flexibility index (Phi) is 3.90. The summed E-state index contributed by atoms with van der Waals surface area (Å²) in [6, 6.07) is 3.44. The van der Waals surface area contributed by atoms with Crippen LogP contribution in [0.4, 0.5) is 11.4 Å². The molecule has 1 aromatic rings. The molecule has 1 heterocycles. The molecule has 1 fully saturated rings. The molecular formula is C13H19N3O3. The molecule has 1 aliphatic rings. The number of ether oxygens (including phenoxy) is 1. The SMILES string of the molecule is COc1cc([N+](=O)[O-])cc(C)c1N1CCNC[C@@H]1C. The summed E-state index contributed by atoms with van der Waals surface area (Å²) in [5.41, 5.74) is 1.91. The molecule has 1 atom stereocenters. The zero-order valence-corrected chi connectivity index (χ0v) is 11.5. The van der Waals surface area contributed by atoms with Crippen molar-refractivity contribution in [3.63, 3.8) is 0 Å². The number of benzene rings is 1. The quantitative estimate of drug-likeness (QED) is 0.665. The zero-order valence-electron chi connectivity index (χ0n) is 11.5. The first-order chi connectivity index (χ1) is 9.04. The Morgan fingerprint density at radius 3 is 2.84 bits per heavy atom. The first kappa shape index (κ1) is 13.6. The van der Waals surface area contributed by atoms with Gasteiger partial charge in [0.25, 0.3) is 5.69 Å². The first-order valence-electron chi connectivity index (χ1n) is 6.35. The largest absolute Gasteiger partial charge is 0.494 e. The van der Waals surface area contributed by atoms with E-state index in [4.69, 9.17) is 4.74 Å². The van der Waals surface area contributed by atoms with Crippen molar-refractivity contribution in [2.24, 2.45) is 0 Å². The fourth-order valence-corrected chi connectivity index (χ4v) is 2.53. The lowest BCUT2D eigenvalue weighted by Crippen LogP contribution is -2.50. The van der Waals surface area contributed by atoms with Gasteiger partial charge in [-0.3, -0.25) is 10.1 Å². The lowest BCUT2D eigenvalue weighted by Gasteiger charge is -2.37. The minimum atomic E-state index is -0.388. The molecular weight excluding hydrogens is 246 g/mol. The zero-order chi connectivity index (χ0) is 14.0. The number of non-ortho nitro benzene ring substituents is 1. The van der Waals surface area contributed by atoms with Gasteiger partial charge in [-0.1, -0.05) is 0 Å². The van der Waals surface area contributed by atoms with E-state index in [2.05, 4.69) is 17.1 Å². The molecule has 0 unspecified atom stereocenters. The lowest BCUT2D eigenvalue weighted by atomic mass is 10.1. The molecule has 1 aliphatic heterocycles. The van der Waals surface area contributed by atoms with E-state index in [0.29, 0.717) is 11.8 Å². The van der Waals surface area contributed by atoms with Gasteiger partial charge in [-0.25, -0.2) is 0 Å². The van der Waals surface area contributed by atoms with Gasteiger partial charge >= 0.3 is 0 Å². The van der Waals surface area contributed by atoms with Gasteiger partial charge in [0.05, 0.1) is 23.8 Å². The van der Waals surface area contributed by atoms with Crippen molar-refractivity contribution in [2.45, 2.75) is 19.9 Å². The number of aryl methyl sites for hydroxylation is 1. The van der Waals surface area contributed by atoms with E-state index >= 15 is 0 Å². The first-order valence-corrected chi connectivity index (χ1v) is 6.35. The van der Waals surface area contributed by atoms with Gasteiger partial charge in [-0.05, 0) is 19.4 Å². The van der Waals surface area contributed by atoms with Gasteiger partial charge in [0, 0.05) is 31.7 Å². The highest BCUT2D eigenvalue weighted by Crippen LogP contribution is 2.37. The van der Waals surface area contributed by atoms with Gasteiger partial charge in [0.15, 0.2) is 0 Å². The highest BCUT2D eigenvalue weighted by atomic mass is 16.6. The maximum atomic E-state index is 10.9. The van der Waals surface area contributed by atoms with Crippen molar-refractivity contribution < 1.29 is 9.66 Å². The molecule has 19 heavy (non-hydrogen) atoms. The fraction of sp³-hybridized carbons (Fsp3) is 0.538. The number of nitrogens with one attached hydrogen (secondary N) is 1. The third-order valence-electron chi connectivity index (χ3n) is 3.47. The Morgan fingerprint density at radius 2 is 2.26 bits per heavy atom. The molecule has 0 spiro atoms. The summed E-state index contributed by atoms with van der Waals surface area (Å²) in [5, 5.41) is 14.2. The second-order valence-corrected chi connectivity index (χ2v) is 4.82. The number of rotatable bonds is 3. The van der Waals surface area contributed by atoms with Gasteiger partial charge in [0.1, 0.15) is 5.75 Å². The fourth-order valence-electron chi connectivity index (χ4n) is 2.53. The number of anilines is 1. The second-order valence-electron chi connectivity index (χ2n) is 4.82. The molecule has 6 nitrogen and oxygen atoms in total. The van der Waals surface area contributed by atoms with Crippen LogP contribution >= 0.6 is 0 Å². The number of nitrogens with zero attached hydrogens (tertiary/aromatic N) is 2. The summed E-state index contributed by atoms with van der Waals surface area (Å²) in [5.74, 6) is 0.570. The maximum absolute atomic E-state index is 10.9. The molecule has 0 radical (unpaired) electrons.